The predicted molar refractivity (Wildman–Crippen MR) is 90.4 cm³/mol. The second-order valence-corrected chi connectivity index (χ2v) is 10.6. The molecule has 0 aliphatic heterocycles. The molecule has 0 saturated carbocycles. The van der Waals surface area contributed by atoms with Crippen molar-refractivity contribution in [2.75, 3.05) is 6.23 Å². The van der Waals surface area contributed by atoms with E-state index in [2.05, 4.69) is 26.3 Å². The molecule has 0 N–H and O–H groups in total. The summed E-state index contributed by atoms with van der Waals surface area (Å²) in [6.07, 6.45) is 0.477. The van der Waals surface area contributed by atoms with Crippen molar-refractivity contribution in [3.8, 4) is 0 Å². The van der Waals surface area contributed by atoms with Gasteiger partial charge in [0.25, 0.3) is 0 Å². The van der Waals surface area contributed by atoms with E-state index in [4.69, 9.17) is 4.74 Å². The van der Waals surface area contributed by atoms with Gasteiger partial charge < -0.3 is 4.74 Å². The highest BCUT2D eigenvalue weighted by Gasteiger charge is 2.35. The molecule has 0 aromatic heterocycles. The molecular weight excluding hydrogens is 264 g/mol. The Bertz CT molecular complexity index is 391. The molecule has 2 nitrogen and oxygen atoms in total. The second kappa shape index (κ2) is 8.05. The van der Waals surface area contributed by atoms with Gasteiger partial charge in [-0.15, -0.1) is 19.7 Å². The van der Waals surface area contributed by atoms with Gasteiger partial charge in [0.15, 0.2) is 0 Å². The SMILES string of the molecule is C=C(C)C[Si](COC(=O)C(=C)C)(CC(=C)C)CC(=C)C. The van der Waals surface area contributed by atoms with Crippen LogP contribution in [0.3, 0.4) is 0 Å². The standard InChI is InChI=1S/C17H28O2Si/c1-13(2)9-20(10-14(3)4,11-15(5)6)12-19-17(18)16(7)8/h1,3,5,7,9-12H2,2,4,6,8H3. The number of carbonyl (C=O) groups excluding carboxylic acids is 1. The molecule has 0 amide bonds. The average molecular weight is 292 g/mol. The first-order valence-electron chi connectivity index (χ1n) is 6.84. The summed E-state index contributed by atoms with van der Waals surface area (Å²) in [6.45, 7) is 23.5. The molecule has 3 heteroatoms. The Morgan fingerprint density at radius 2 is 1.20 bits per heavy atom. The zero-order valence-corrected chi connectivity index (χ0v) is 14.5. The van der Waals surface area contributed by atoms with Gasteiger partial charge in [0.2, 0.25) is 0 Å². The van der Waals surface area contributed by atoms with Crippen molar-refractivity contribution in [3.63, 3.8) is 0 Å². The van der Waals surface area contributed by atoms with E-state index in [0.717, 1.165) is 34.9 Å². The highest BCUT2D eigenvalue weighted by molar-refractivity contribution is 6.81. The summed E-state index contributed by atoms with van der Waals surface area (Å²) in [6, 6.07) is 2.78. The van der Waals surface area contributed by atoms with Crippen molar-refractivity contribution in [1.82, 2.24) is 0 Å². The molecule has 0 aliphatic rings. The number of rotatable bonds is 9. The lowest BCUT2D eigenvalue weighted by Gasteiger charge is -2.32. The van der Waals surface area contributed by atoms with Gasteiger partial charge >= 0.3 is 5.97 Å². The zero-order chi connectivity index (χ0) is 15.9. The van der Waals surface area contributed by atoms with Crippen molar-refractivity contribution in [1.29, 1.82) is 0 Å². The van der Waals surface area contributed by atoms with Crippen molar-refractivity contribution in [2.45, 2.75) is 45.8 Å². The molecule has 0 atom stereocenters. The Kier molecular flexibility index (Phi) is 7.51. The minimum absolute atomic E-state index is 0.313. The van der Waals surface area contributed by atoms with Crippen molar-refractivity contribution in [3.05, 3.63) is 48.6 Å². The maximum absolute atomic E-state index is 11.7. The van der Waals surface area contributed by atoms with Crippen LogP contribution in [0.4, 0.5) is 0 Å². The molecule has 0 rings (SSSR count). The third-order valence-electron chi connectivity index (χ3n) is 2.89. The lowest BCUT2D eigenvalue weighted by atomic mass is 10.4. The van der Waals surface area contributed by atoms with Gasteiger partial charge in [0, 0.05) is 5.57 Å². The summed E-state index contributed by atoms with van der Waals surface area (Å²) in [5.74, 6) is -0.313. The Balaban J connectivity index is 5.18. The minimum Gasteiger partial charge on any atom is -0.466 e. The maximum Gasteiger partial charge on any atom is 0.332 e. The normalized spacial score (nSPS) is 10.8. The average Bonchev–Trinajstić information content (AvgIpc) is 2.22. The van der Waals surface area contributed by atoms with Gasteiger partial charge in [-0.1, -0.05) is 23.3 Å². The molecule has 20 heavy (non-hydrogen) atoms. The van der Waals surface area contributed by atoms with Gasteiger partial charge in [0.1, 0.15) is 8.07 Å². The largest absolute Gasteiger partial charge is 0.466 e. The van der Waals surface area contributed by atoms with E-state index in [1.807, 2.05) is 20.8 Å². The van der Waals surface area contributed by atoms with E-state index in [1.54, 1.807) is 6.92 Å². The fourth-order valence-electron chi connectivity index (χ4n) is 2.60. The molecule has 0 radical (unpaired) electrons. The van der Waals surface area contributed by atoms with Gasteiger partial charge in [-0.25, -0.2) is 4.79 Å². The van der Waals surface area contributed by atoms with Crippen LogP contribution in [0.5, 0.6) is 0 Å². The van der Waals surface area contributed by atoms with E-state index in [9.17, 15) is 4.79 Å². The van der Waals surface area contributed by atoms with Gasteiger partial charge in [0.05, 0.1) is 6.23 Å². The number of esters is 1. The Morgan fingerprint density at radius 1 is 0.850 bits per heavy atom. The van der Waals surface area contributed by atoms with Crippen LogP contribution in [-0.2, 0) is 9.53 Å². The lowest BCUT2D eigenvalue weighted by molar-refractivity contribution is -0.137. The van der Waals surface area contributed by atoms with E-state index < -0.39 is 8.07 Å². The van der Waals surface area contributed by atoms with Crippen LogP contribution in [0.15, 0.2) is 48.6 Å². The number of carbonyl (C=O) groups is 1. The van der Waals surface area contributed by atoms with Crippen molar-refractivity contribution < 1.29 is 9.53 Å². The molecule has 0 spiro atoms. The van der Waals surface area contributed by atoms with Crippen molar-refractivity contribution in [2.24, 2.45) is 0 Å². The van der Waals surface area contributed by atoms with Gasteiger partial charge in [-0.05, 0) is 45.8 Å². The number of allylic oxidation sites excluding steroid dienone is 3. The van der Waals surface area contributed by atoms with Crippen LogP contribution in [0.2, 0.25) is 18.1 Å². The van der Waals surface area contributed by atoms with Gasteiger partial charge in [-0.2, -0.15) is 0 Å². The summed E-state index contributed by atoms with van der Waals surface area (Å²) < 4.78 is 5.47. The molecule has 0 aromatic carbocycles. The van der Waals surface area contributed by atoms with E-state index in [0.29, 0.717) is 11.8 Å². The summed E-state index contributed by atoms with van der Waals surface area (Å²) in [5, 5.41) is 0. The predicted octanol–water partition coefficient (Wildman–Crippen LogP) is 4.82. The molecule has 0 aromatic rings. The molecule has 0 fully saturated rings. The number of hydrogen-bond acceptors (Lipinski definition) is 2. The van der Waals surface area contributed by atoms with Crippen LogP contribution in [0.25, 0.3) is 0 Å². The van der Waals surface area contributed by atoms with Crippen LogP contribution in [0, 0.1) is 0 Å². The number of hydrogen-bond donors (Lipinski definition) is 0. The summed E-state index contributed by atoms with van der Waals surface area (Å²) in [4.78, 5) is 11.7. The van der Waals surface area contributed by atoms with E-state index in [1.165, 1.54) is 0 Å². The minimum atomic E-state index is -1.88. The van der Waals surface area contributed by atoms with Crippen LogP contribution >= 0.6 is 0 Å². The molecule has 0 saturated heterocycles. The summed E-state index contributed by atoms with van der Waals surface area (Å²) in [5.41, 5.74) is 3.83. The first-order valence-corrected chi connectivity index (χ1v) is 9.66. The molecule has 0 heterocycles. The zero-order valence-electron chi connectivity index (χ0n) is 13.5. The Labute approximate surface area is 124 Å². The lowest BCUT2D eigenvalue weighted by Crippen LogP contribution is -2.41. The topological polar surface area (TPSA) is 26.3 Å². The number of ether oxygens (including phenoxy) is 1. The van der Waals surface area contributed by atoms with E-state index >= 15 is 0 Å². The van der Waals surface area contributed by atoms with Crippen molar-refractivity contribution >= 4 is 14.0 Å². The molecule has 0 bridgehead atoms. The monoisotopic (exact) mass is 292 g/mol. The smallest absolute Gasteiger partial charge is 0.332 e. The maximum atomic E-state index is 11.7. The summed E-state index contributed by atoms with van der Waals surface area (Å²) >= 11 is 0. The molecular formula is C17H28O2Si. The first kappa shape index (κ1) is 18.6. The quantitative estimate of drug-likeness (QED) is 0.263. The third kappa shape index (κ3) is 7.29. The first-order chi connectivity index (χ1) is 9.08. The van der Waals surface area contributed by atoms with Crippen LogP contribution in [0.1, 0.15) is 27.7 Å². The Morgan fingerprint density at radius 3 is 1.45 bits per heavy atom. The Hall–Kier alpha value is -1.35. The summed E-state index contributed by atoms with van der Waals surface area (Å²) in [7, 11) is -1.88. The highest BCUT2D eigenvalue weighted by atomic mass is 28.3. The fourth-order valence-corrected chi connectivity index (χ4v) is 7.56. The third-order valence-corrected chi connectivity index (χ3v) is 7.71. The van der Waals surface area contributed by atoms with Crippen LogP contribution < -0.4 is 0 Å². The van der Waals surface area contributed by atoms with Gasteiger partial charge in [-0.3, -0.25) is 0 Å². The molecule has 0 aliphatic carbocycles. The van der Waals surface area contributed by atoms with Crippen LogP contribution in [-0.4, -0.2) is 20.3 Å². The molecule has 0 unspecified atom stereocenters. The van der Waals surface area contributed by atoms with E-state index in [-0.39, 0.29) is 5.97 Å². The molecule has 112 valence electrons. The highest BCUT2D eigenvalue weighted by Crippen LogP contribution is 2.31. The fraction of sp³-hybridized carbons (Fsp3) is 0.471. The second-order valence-electron chi connectivity index (χ2n) is 6.26.